The van der Waals surface area contributed by atoms with Gasteiger partial charge in [-0.05, 0) is 36.6 Å². The molecule has 1 spiro atoms. The molecule has 2 fully saturated rings. The first-order chi connectivity index (χ1) is 16.2. The number of carbonyl (C=O) groups excluding carboxylic acids is 1. The molecule has 1 amide bonds. The lowest BCUT2D eigenvalue weighted by Crippen LogP contribution is -2.52. The zero-order valence-corrected chi connectivity index (χ0v) is 18.8. The zero-order valence-electron chi connectivity index (χ0n) is 18.8. The molecule has 0 radical (unpaired) electrons. The van der Waals surface area contributed by atoms with Crippen molar-refractivity contribution in [2.75, 3.05) is 13.1 Å². The van der Waals surface area contributed by atoms with Crippen LogP contribution in [0.15, 0.2) is 73.3 Å². The van der Waals surface area contributed by atoms with Crippen LogP contribution in [0, 0.1) is 0 Å². The van der Waals surface area contributed by atoms with Crippen molar-refractivity contribution < 1.29 is 9.53 Å². The van der Waals surface area contributed by atoms with Gasteiger partial charge >= 0.3 is 0 Å². The van der Waals surface area contributed by atoms with Gasteiger partial charge in [0.25, 0.3) is 0 Å². The Balaban J connectivity index is 1.37. The number of nitrogens with one attached hydrogen (secondary N) is 1. The molecule has 0 unspecified atom stereocenters. The topological polar surface area (TPSA) is 67.4 Å². The van der Waals surface area contributed by atoms with Crippen molar-refractivity contribution in [3.63, 3.8) is 0 Å². The highest BCUT2D eigenvalue weighted by atomic mass is 16.5. The Hall–Kier alpha value is -3.25. The number of rotatable bonds is 6. The molecule has 0 bridgehead atoms. The zero-order chi connectivity index (χ0) is 22.5. The molecule has 4 heterocycles. The maximum Gasteiger partial charge on any atom is 0.220 e. The first kappa shape index (κ1) is 21.6. The summed E-state index contributed by atoms with van der Waals surface area (Å²) in [5.74, 6) is 1.28. The molecular weight excluding hydrogens is 412 g/mol. The highest BCUT2D eigenvalue weighted by molar-refractivity contribution is 5.77. The third-order valence-corrected chi connectivity index (χ3v) is 6.85. The molecule has 1 N–H and O–H groups in total. The fourth-order valence-electron chi connectivity index (χ4n) is 5.30. The minimum atomic E-state index is -0.248. The Morgan fingerprint density at radius 3 is 2.70 bits per heavy atom. The lowest BCUT2D eigenvalue weighted by Gasteiger charge is -2.35. The Labute approximate surface area is 195 Å². The minimum absolute atomic E-state index is 0.170. The van der Waals surface area contributed by atoms with E-state index in [9.17, 15) is 4.79 Å². The molecule has 2 aromatic heterocycles. The summed E-state index contributed by atoms with van der Waals surface area (Å²) in [5, 5.41) is 3.43. The molecule has 0 aliphatic carbocycles. The van der Waals surface area contributed by atoms with Crippen LogP contribution < -0.4 is 10.1 Å². The second-order valence-electron chi connectivity index (χ2n) is 9.18. The number of nitrogens with zero attached hydrogens (tertiary/aromatic N) is 3. The third kappa shape index (κ3) is 4.91. The molecule has 6 heteroatoms. The van der Waals surface area contributed by atoms with Gasteiger partial charge in [0.05, 0.1) is 5.54 Å². The van der Waals surface area contributed by atoms with Gasteiger partial charge in [-0.25, -0.2) is 0 Å². The molecule has 2 aliphatic rings. The van der Waals surface area contributed by atoms with Crippen LogP contribution in [0.3, 0.4) is 0 Å². The molecule has 6 nitrogen and oxygen atoms in total. The highest BCUT2D eigenvalue weighted by Gasteiger charge is 2.48. The summed E-state index contributed by atoms with van der Waals surface area (Å²) >= 11 is 0. The number of benzene rings is 1. The van der Waals surface area contributed by atoms with E-state index < -0.39 is 0 Å². The van der Waals surface area contributed by atoms with Crippen molar-refractivity contribution in [2.24, 2.45) is 0 Å². The van der Waals surface area contributed by atoms with Gasteiger partial charge in [-0.1, -0.05) is 36.8 Å². The van der Waals surface area contributed by atoms with Gasteiger partial charge in [0.2, 0.25) is 5.91 Å². The molecule has 170 valence electrons. The quantitative estimate of drug-likeness (QED) is 0.623. The van der Waals surface area contributed by atoms with E-state index in [1.807, 2.05) is 48.9 Å². The number of pyridine rings is 2. The van der Waals surface area contributed by atoms with E-state index in [1.54, 1.807) is 6.20 Å². The van der Waals surface area contributed by atoms with Gasteiger partial charge in [0, 0.05) is 67.9 Å². The summed E-state index contributed by atoms with van der Waals surface area (Å²) in [7, 11) is 0. The van der Waals surface area contributed by atoms with Crippen LogP contribution in [-0.4, -0.2) is 39.4 Å². The van der Waals surface area contributed by atoms with E-state index in [2.05, 4.69) is 38.4 Å². The van der Waals surface area contributed by atoms with E-state index in [4.69, 9.17) is 4.74 Å². The van der Waals surface area contributed by atoms with Crippen molar-refractivity contribution in [1.82, 2.24) is 20.2 Å². The Bertz CT molecular complexity index is 1080. The number of aromatic nitrogens is 2. The van der Waals surface area contributed by atoms with E-state index in [-0.39, 0.29) is 17.4 Å². The van der Waals surface area contributed by atoms with Crippen LogP contribution in [0.4, 0.5) is 0 Å². The first-order valence-electron chi connectivity index (χ1n) is 11.7. The molecule has 33 heavy (non-hydrogen) atoms. The molecule has 5 rings (SSSR count). The second-order valence-corrected chi connectivity index (χ2v) is 9.18. The summed E-state index contributed by atoms with van der Waals surface area (Å²) in [5.41, 5.74) is 3.15. The van der Waals surface area contributed by atoms with Gasteiger partial charge < -0.3 is 10.1 Å². The normalized spacial score (nSPS) is 23.3. The lowest BCUT2D eigenvalue weighted by atomic mass is 9.79. The highest BCUT2D eigenvalue weighted by Crippen LogP contribution is 2.41. The summed E-state index contributed by atoms with van der Waals surface area (Å²) in [6, 6.07) is 16.3. The second kappa shape index (κ2) is 9.71. The standard InChI is InChI=1S/C27H30N4O2/c32-26-11-3-4-12-27(30-26)20-31(18-24(27)22-9-6-14-29-16-22)17-23-8-1-2-10-25(23)33-19-21-7-5-13-28-15-21/h1-2,5-10,13-16,24H,3-4,11-12,17-20H2,(H,30,32)/t24-,27+/m0/s1. The number of hydrogen-bond acceptors (Lipinski definition) is 5. The maximum atomic E-state index is 12.6. The van der Waals surface area contributed by atoms with Crippen molar-refractivity contribution in [2.45, 2.75) is 50.3 Å². The van der Waals surface area contributed by atoms with Crippen molar-refractivity contribution in [3.05, 3.63) is 90.0 Å². The summed E-state index contributed by atoms with van der Waals surface area (Å²) in [6.45, 7) is 2.97. The summed E-state index contributed by atoms with van der Waals surface area (Å²) in [4.78, 5) is 23.6. The van der Waals surface area contributed by atoms with Crippen LogP contribution in [0.2, 0.25) is 0 Å². The monoisotopic (exact) mass is 442 g/mol. The van der Waals surface area contributed by atoms with E-state index in [0.29, 0.717) is 13.0 Å². The van der Waals surface area contributed by atoms with Gasteiger partial charge in [-0.3, -0.25) is 19.7 Å². The number of hydrogen-bond donors (Lipinski definition) is 1. The third-order valence-electron chi connectivity index (χ3n) is 6.85. The fraction of sp³-hybridized carbons (Fsp3) is 0.370. The van der Waals surface area contributed by atoms with Crippen LogP contribution in [0.5, 0.6) is 5.75 Å². The fourth-order valence-corrected chi connectivity index (χ4v) is 5.30. The lowest BCUT2D eigenvalue weighted by molar-refractivity contribution is -0.122. The van der Waals surface area contributed by atoms with Gasteiger partial charge in [-0.15, -0.1) is 0 Å². The summed E-state index contributed by atoms with van der Waals surface area (Å²) < 4.78 is 6.17. The van der Waals surface area contributed by atoms with E-state index in [1.165, 1.54) is 5.56 Å². The maximum absolute atomic E-state index is 12.6. The van der Waals surface area contributed by atoms with Crippen LogP contribution in [0.25, 0.3) is 0 Å². The van der Waals surface area contributed by atoms with Crippen LogP contribution in [0.1, 0.15) is 48.3 Å². The number of carbonyl (C=O) groups is 1. The van der Waals surface area contributed by atoms with Crippen molar-refractivity contribution >= 4 is 5.91 Å². The van der Waals surface area contributed by atoms with E-state index >= 15 is 0 Å². The summed E-state index contributed by atoms with van der Waals surface area (Å²) in [6.07, 6.45) is 11.0. The van der Waals surface area contributed by atoms with Crippen molar-refractivity contribution in [3.8, 4) is 5.75 Å². The largest absolute Gasteiger partial charge is 0.489 e. The molecular formula is C27H30N4O2. The molecule has 2 aliphatic heterocycles. The smallest absolute Gasteiger partial charge is 0.220 e. The predicted octanol–water partition coefficient (Wildman–Crippen LogP) is 4.08. The average Bonchev–Trinajstić information content (AvgIpc) is 3.08. The SMILES string of the molecule is O=C1CCCC[C@]2(CN(Cc3ccccc3OCc3cccnc3)C[C@H]2c2cccnc2)N1. The number of para-hydroxylation sites is 1. The Morgan fingerprint density at radius 2 is 1.88 bits per heavy atom. The van der Waals surface area contributed by atoms with Crippen LogP contribution in [-0.2, 0) is 17.9 Å². The average molecular weight is 443 g/mol. The minimum Gasteiger partial charge on any atom is -0.489 e. The number of ether oxygens (including phenoxy) is 1. The first-order valence-corrected chi connectivity index (χ1v) is 11.7. The molecule has 0 saturated carbocycles. The van der Waals surface area contributed by atoms with Crippen LogP contribution >= 0.6 is 0 Å². The van der Waals surface area contributed by atoms with Gasteiger partial charge in [0.1, 0.15) is 12.4 Å². The Kier molecular flexibility index (Phi) is 6.35. The molecule has 2 atom stereocenters. The number of amides is 1. The number of likely N-dealkylation sites (tertiary alicyclic amines) is 1. The molecule has 2 saturated heterocycles. The molecule has 3 aromatic rings. The van der Waals surface area contributed by atoms with Gasteiger partial charge in [-0.2, -0.15) is 0 Å². The van der Waals surface area contributed by atoms with E-state index in [0.717, 1.165) is 55.8 Å². The van der Waals surface area contributed by atoms with Gasteiger partial charge in [0.15, 0.2) is 0 Å². The molecule has 1 aromatic carbocycles. The van der Waals surface area contributed by atoms with Crippen molar-refractivity contribution in [1.29, 1.82) is 0 Å². The predicted molar refractivity (Wildman–Crippen MR) is 127 cm³/mol. The Morgan fingerprint density at radius 1 is 1.03 bits per heavy atom.